The van der Waals surface area contributed by atoms with Crippen molar-refractivity contribution in [2.75, 3.05) is 17.2 Å². The third-order valence-corrected chi connectivity index (χ3v) is 4.04. The van der Waals surface area contributed by atoms with Crippen molar-refractivity contribution in [3.63, 3.8) is 0 Å². The second kappa shape index (κ2) is 5.16. The van der Waals surface area contributed by atoms with E-state index in [0.717, 1.165) is 35.5 Å². The number of hydrogen-bond acceptors (Lipinski definition) is 6. The molecule has 3 rings (SSSR count). The fraction of sp³-hybridized carbons (Fsp3) is 0.500. The van der Waals surface area contributed by atoms with Gasteiger partial charge in [0.15, 0.2) is 5.82 Å². The van der Waals surface area contributed by atoms with E-state index in [1.54, 1.807) is 18.1 Å². The summed E-state index contributed by atoms with van der Waals surface area (Å²) in [6, 6.07) is 0.174. The zero-order valence-electron chi connectivity index (χ0n) is 11.0. The molecule has 0 aromatic carbocycles. The number of fused-ring (bicyclic) bond motifs is 1. The fourth-order valence-electron chi connectivity index (χ4n) is 2.32. The van der Waals surface area contributed by atoms with Crippen molar-refractivity contribution < 1.29 is 0 Å². The molecular formula is C12H16N6S. The van der Waals surface area contributed by atoms with Crippen LogP contribution < -0.4 is 4.90 Å². The van der Waals surface area contributed by atoms with Gasteiger partial charge in [-0.1, -0.05) is 6.92 Å². The van der Waals surface area contributed by atoms with Crippen LogP contribution in [-0.4, -0.2) is 37.0 Å². The average Bonchev–Trinajstić information content (AvgIpc) is 2.89. The van der Waals surface area contributed by atoms with Gasteiger partial charge in [-0.15, -0.1) is 22.0 Å². The van der Waals surface area contributed by atoms with E-state index < -0.39 is 0 Å². The summed E-state index contributed by atoms with van der Waals surface area (Å²) in [7, 11) is 0. The third kappa shape index (κ3) is 2.30. The Morgan fingerprint density at radius 1 is 1.37 bits per heavy atom. The first-order valence-corrected chi connectivity index (χ1v) is 7.37. The van der Waals surface area contributed by atoms with Crippen molar-refractivity contribution in [2.24, 2.45) is 0 Å². The summed E-state index contributed by atoms with van der Waals surface area (Å²) in [6.07, 6.45) is 5.43. The van der Waals surface area contributed by atoms with E-state index in [0.29, 0.717) is 0 Å². The number of aromatic nitrogens is 5. The molecule has 100 valence electrons. The topological polar surface area (TPSA) is 59.7 Å². The number of nitrogens with zero attached hydrogens (tertiary/aromatic N) is 6. The monoisotopic (exact) mass is 276 g/mol. The minimum absolute atomic E-state index is 0.174. The van der Waals surface area contributed by atoms with Crippen LogP contribution in [0, 0.1) is 0 Å². The van der Waals surface area contributed by atoms with Gasteiger partial charge in [0.25, 0.3) is 0 Å². The third-order valence-electron chi connectivity index (χ3n) is 3.25. The first-order valence-electron chi connectivity index (χ1n) is 6.38. The Labute approximate surface area is 116 Å². The molecule has 0 unspecified atom stereocenters. The summed E-state index contributed by atoms with van der Waals surface area (Å²) < 4.78 is 2.10. The highest BCUT2D eigenvalue weighted by Crippen LogP contribution is 2.28. The number of thioether (sulfide) groups is 1. The number of hydrogen-bond donors (Lipinski definition) is 0. The summed E-state index contributed by atoms with van der Waals surface area (Å²) in [6.45, 7) is 6.03. The van der Waals surface area contributed by atoms with Crippen molar-refractivity contribution in [2.45, 2.75) is 31.5 Å². The molecule has 0 aliphatic carbocycles. The molecular weight excluding hydrogens is 260 g/mol. The van der Waals surface area contributed by atoms with Crippen molar-refractivity contribution in [1.29, 1.82) is 0 Å². The Morgan fingerprint density at radius 3 is 3.11 bits per heavy atom. The van der Waals surface area contributed by atoms with E-state index in [4.69, 9.17) is 0 Å². The van der Waals surface area contributed by atoms with Crippen molar-refractivity contribution in [1.82, 2.24) is 24.7 Å². The highest BCUT2D eigenvalue weighted by atomic mass is 32.2. The summed E-state index contributed by atoms with van der Waals surface area (Å²) >= 11 is 1.71. The fourth-order valence-corrected chi connectivity index (χ4v) is 2.90. The summed E-state index contributed by atoms with van der Waals surface area (Å²) in [5.41, 5.74) is 0. The molecule has 0 amide bonds. The van der Waals surface area contributed by atoms with Gasteiger partial charge in [0.05, 0.1) is 18.4 Å². The second-order valence-corrected chi connectivity index (χ2v) is 5.68. The first kappa shape index (κ1) is 12.4. The largest absolute Gasteiger partial charge is 0.344 e. The van der Waals surface area contributed by atoms with Crippen LogP contribution in [0.15, 0.2) is 23.7 Å². The predicted octanol–water partition coefficient (Wildman–Crippen LogP) is 1.76. The van der Waals surface area contributed by atoms with Crippen molar-refractivity contribution in [3.05, 3.63) is 24.5 Å². The van der Waals surface area contributed by atoms with Crippen molar-refractivity contribution in [3.8, 4) is 0 Å². The van der Waals surface area contributed by atoms with Gasteiger partial charge in [-0.25, -0.2) is 4.98 Å². The van der Waals surface area contributed by atoms with Crippen LogP contribution in [-0.2, 0) is 6.54 Å². The maximum absolute atomic E-state index is 4.66. The van der Waals surface area contributed by atoms with E-state index in [-0.39, 0.29) is 6.04 Å². The zero-order valence-corrected chi connectivity index (χ0v) is 11.8. The molecule has 6 nitrogen and oxygen atoms in total. The Hall–Kier alpha value is -1.63. The molecule has 0 saturated carbocycles. The average molecular weight is 276 g/mol. The van der Waals surface area contributed by atoms with E-state index in [2.05, 4.69) is 43.5 Å². The number of rotatable bonds is 3. The standard InChI is InChI=1S/C12H16N6S/c1-3-19-11-7-13-6-10(15-11)18-5-4-17-8-14-16-12(17)9(18)2/h6-9H,3-5H2,1-2H3/t9-/m1/s1. The number of anilines is 1. The first-order chi connectivity index (χ1) is 9.29. The lowest BCUT2D eigenvalue weighted by atomic mass is 10.2. The van der Waals surface area contributed by atoms with Gasteiger partial charge in [-0.2, -0.15) is 0 Å². The highest BCUT2D eigenvalue weighted by Gasteiger charge is 2.26. The molecule has 19 heavy (non-hydrogen) atoms. The molecule has 7 heteroatoms. The lowest BCUT2D eigenvalue weighted by molar-refractivity contribution is 0.491. The van der Waals surface area contributed by atoms with Crippen LogP contribution in [0.1, 0.15) is 25.7 Å². The van der Waals surface area contributed by atoms with Gasteiger partial charge in [-0.05, 0) is 12.7 Å². The Balaban J connectivity index is 1.89. The molecule has 1 aliphatic heterocycles. The zero-order chi connectivity index (χ0) is 13.2. The lowest BCUT2D eigenvalue weighted by Crippen LogP contribution is -2.37. The highest BCUT2D eigenvalue weighted by molar-refractivity contribution is 7.99. The Morgan fingerprint density at radius 2 is 2.26 bits per heavy atom. The molecule has 2 aromatic rings. The summed E-state index contributed by atoms with van der Waals surface area (Å²) in [5.74, 6) is 2.91. The van der Waals surface area contributed by atoms with Gasteiger partial charge in [0.2, 0.25) is 0 Å². The van der Waals surface area contributed by atoms with Gasteiger partial charge in [-0.3, -0.25) is 4.98 Å². The molecule has 0 spiro atoms. The van der Waals surface area contributed by atoms with E-state index in [1.165, 1.54) is 0 Å². The van der Waals surface area contributed by atoms with Crippen LogP contribution >= 0.6 is 11.8 Å². The lowest BCUT2D eigenvalue weighted by Gasteiger charge is -2.33. The van der Waals surface area contributed by atoms with Crippen molar-refractivity contribution >= 4 is 17.6 Å². The maximum atomic E-state index is 4.66. The maximum Gasteiger partial charge on any atom is 0.155 e. The quantitative estimate of drug-likeness (QED) is 0.796. The van der Waals surface area contributed by atoms with Gasteiger partial charge in [0.1, 0.15) is 17.2 Å². The van der Waals surface area contributed by atoms with Crippen LogP contribution in [0.3, 0.4) is 0 Å². The Bertz CT molecular complexity index is 569. The summed E-state index contributed by atoms with van der Waals surface area (Å²) in [4.78, 5) is 11.2. The minimum Gasteiger partial charge on any atom is -0.344 e. The molecule has 0 radical (unpaired) electrons. The summed E-state index contributed by atoms with van der Waals surface area (Å²) in [5, 5.41) is 9.14. The normalized spacial score (nSPS) is 18.4. The molecule has 2 aromatic heterocycles. The van der Waals surface area contributed by atoms with Crippen LogP contribution in [0.5, 0.6) is 0 Å². The molecule has 1 atom stereocenters. The molecule has 0 fully saturated rings. The molecule has 1 aliphatic rings. The van der Waals surface area contributed by atoms with E-state index >= 15 is 0 Å². The van der Waals surface area contributed by atoms with Crippen LogP contribution in [0.2, 0.25) is 0 Å². The van der Waals surface area contributed by atoms with E-state index in [1.807, 2.05) is 12.4 Å². The van der Waals surface area contributed by atoms with Crippen LogP contribution in [0.25, 0.3) is 0 Å². The smallest absolute Gasteiger partial charge is 0.155 e. The van der Waals surface area contributed by atoms with Gasteiger partial charge < -0.3 is 9.47 Å². The molecule has 3 heterocycles. The Kier molecular flexibility index (Phi) is 3.37. The molecule has 0 N–H and O–H groups in total. The van der Waals surface area contributed by atoms with Gasteiger partial charge >= 0.3 is 0 Å². The van der Waals surface area contributed by atoms with Gasteiger partial charge in [0, 0.05) is 13.1 Å². The second-order valence-electron chi connectivity index (χ2n) is 4.40. The minimum atomic E-state index is 0.174. The van der Waals surface area contributed by atoms with Crippen LogP contribution in [0.4, 0.5) is 5.82 Å². The molecule has 0 bridgehead atoms. The predicted molar refractivity (Wildman–Crippen MR) is 74.2 cm³/mol. The molecule has 0 saturated heterocycles. The SMILES string of the molecule is CCSc1cncc(N2CCn3cnnc3[C@H]2C)n1. The van der Waals surface area contributed by atoms with E-state index in [9.17, 15) is 0 Å².